The van der Waals surface area contributed by atoms with Gasteiger partial charge < -0.3 is 9.72 Å². The Bertz CT molecular complexity index is 871. The minimum atomic E-state index is -0.542. The lowest BCUT2D eigenvalue weighted by Crippen LogP contribution is -2.55. The first kappa shape index (κ1) is 14.4. The van der Waals surface area contributed by atoms with E-state index in [0.29, 0.717) is 6.42 Å². The number of hydrogen-bond acceptors (Lipinski definition) is 5. The van der Waals surface area contributed by atoms with Gasteiger partial charge in [-0.15, -0.1) is 11.3 Å². The number of thiazole rings is 1. The van der Waals surface area contributed by atoms with E-state index in [-0.39, 0.29) is 12.0 Å². The van der Waals surface area contributed by atoms with Crippen LogP contribution in [0.25, 0.3) is 10.9 Å². The molecule has 3 aromatic rings. The molecule has 2 N–H and O–H groups in total. The number of carbonyl (C=O) groups is 1. The van der Waals surface area contributed by atoms with E-state index < -0.39 is 5.54 Å². The first-order valence-corrected chi connectivity index (χ1v) is 8.37. The van der Waals surface area contributed by atoms with Gasteiger partial charge in [-0.1, -0.05) is 18.2 Å². The van der Waals surface area contributed by atoms with Crippen molar-refractivity contribution in [3.8, 4) is 0 Å². The molecule has 23 heavy (non-hydrogen) atoms. The maximum atomic E-state index is 12.2. The third-order valence-corrected chi connectivity index (χ3v) is 5.53. The third-order valence-electron chi connectivity index (χ3n) is 4.53. The number of aromatic nitrogens is 2. The van der Waals surface area contributed by atoms with E-state index in [1.807, 2.05) is 17.5 Å². The molecule has 0 unspecified atom stereocenters. The van der Waals surface area contributed by atoms with Crippen LogP contribution in [0.15, 0.2) is 35.8 Å². The molecule has 3 heterocycles. The number of rotatable bonds is 2. The van der Waals surface area contributed by atoms with Crippen LogP contribution >= 0.6 is 11.3 Å². The van der Waals surface area contributed by atoms with Gasteiger partial charge in [0.25, 0.3) is 0 Å². The van der Waals surface area contributed by atoms with Crippen molar-refractivity contribution in [2.75, 3.05) is 7.11 Å². The predicted molar refractivity (Wildman–Crippen MR) is 89.5 cm³/mol. The molecule has 6 heteroatoms. The monoisotopic (exact) mass is 327 g/mol. The minimum absolute atomic E-state index is 0.247. The van der Waals surface area contributed by atoms with Gasteiger partial charge in [0, 0.05) is 34.6 Å². The third kappa shape index (κ3) is 2.09. The number of ether oxygens (including phenoxy) is 1. The first-order chi connectivity index (χ1) is 11.1. The molecular weight excluding hydrogens is 310 g/mol. The van der Waals surface area contributed by atoms with Crippen molar-refractivity contribution in [3.63, 3.8) is 0 Å². The SMILES string of the molecule is COC(=O)[C@@H]1Cc2c([nH]c3ccccc23)[C@@](C)(c2nccs2)N1. The highest BCUT2D eigenvalue weighted by molar-refractivity contribution is 7.09. The number of nitrogens with one attached hydrogen (secondary N) is 2. The molecule has 118 valence electrons. The molecule has 4 rings (SSSR count). The number of fused-ring (bicyclic) bond motifs is 3. The molecule has 0 saturated heterocycles. The Kier molecular flexibility index (Phi) is 3.25. The second kappa shape index (κ2) is 5.18. The number of carbonyl (C=O) groups excluding carboxylic acids is 1. The molecule has 0 bridgehead atoms. The van der Waals surface area contributed by atoms with Crippen LogP contribution < -0.4 is 5.32 Å². The van der Waals surface area contributed by atoms with Crippen LogP contribution in [0.1, 0.15) is 23.2 Å². The first-order valence-electron chi connectivity index (χ1n) is 7.49. The van der Waals surface area contributed by atoms with Crippen molar-refractivity contribution in [3.05, 3.63) is 52.1 Å². The molecule has 0 aliphatic carbocycles. The molecule has 0 fully saturated rings. The smallest absolute Gasteiger partial charge is 0.323 e. The van der Waals surface area contributed by atoms with Gasteiger partial charge in [-0.3, -0.25) is 10.1 Å². The number of methoxy groups -OCH3 is 1. The van der Waals surface area contributed by atoms with Crippen LogP contribution in [-0.4, -0.2) is 29.1 Å². The molecular formula is C17H17N3O2S. The zero-order valence-electron chi connectivity index (χ0n) is 12.9. The van der Waals surface area contributed by atoms with E-state index in [4.69, 9.17) is 4.74 Å². The van der Waals surface area contributed by atoms with Gasteiger partial charge in [-0.2, -0.15) is 0 Å². The Balaban J connectivity index is 1.95. The molecule has 1 aliphatic rings. The van der Waals surface area contributed by atoms with Crippen molar-refractivity contribution in [1.82, 2.24) is 15.3 Å². The summed E-state index contributed by atoms with van der Waals surface area (Å²) in [5.74, 6) is -0.247. The number of aromatic amines is 1. The average molecular weight is 327 g/mol. The largest absolute Gasteiger partial charge is 0.468 e. The van der Waals surface area contributed by atoms with Crippen molar-refractivity contribution < 1.29 is 9.53 Å². The van der Waals surface area contributed by atoms with Crippen molar-refractivity contribution >= 4 is 28.2 Å². The molecule has 2 aromatic heterocycles. The minimum Gasteiger partial charge on any atom is -0.468 e. The van der Waals surface area contributed by atoms with E-state index in [0.717, 1.165) is 27.2 Å². The molecule has 0 amide bonds. The number of H-pyrrole nitrogens is 1. The Labute approximate surface area is 137 Å². The van der Waals surface area contributed by atoms with E-state index in [1.54, 1.807) is 17.5 Å². The summed E-state index contributed by atoms with van der Waals surface area (Å²) in [7, 11) is 1.43. The van der Waals surface area contributed by atoms with Gasteiger partial charge in [0.1, 0.15) is 16.6 Å². The van der Waals surface area contributed by atoms with Crippen LogP contribution in [-0.2, 0) is 21.5 Å². The van der Waals surface area contributed by atoms with E-state index in [1.165, 1.54) is 7.11 Å². The predicted octanol–water partition coefficient (Wildman–Crippen LogP) is 2.58. The average Bonchev–Trinajstić information content (AvgIpc) is 3.22. The van der Waals surface area contributed by atoms with Crippen molar-refractivity contribution in [2.45, 2.75) is 24.9 Å². The standard InChI is InChI=1S/C17H17N3O2S/c1-17(16-18-7-8-23-16)14-11(9-13(20-17)15(21)22-2)10-5-3-4-6-12(10)19-14/h3-8,13,19-20H,9H2,1-2H3/t13-,17-/m0/s1. The second-order valence-electron chi connectivity index (χ2n) is 5.91. The number of para-hydroxylation sites is 1. The van der Waals surface area contributed by atoms with Gasteiger partial charge in [0.2, 0.25) is 0 Å². The number of hydrogen-bond donors (Lipinski definition) is 2. The Hall–Kier alpha value is -2.18. The lowest BCUT2D eigenvalue weighted by molar-refractivity contribution is -0.143. The lowest BCUT2D eigenvalue weighted by Gasteiger charge is -2.37. The second-order valence-corrected chi connectivity index (χ2v) is 6.81. The summed E-state index contributed by atoms with van der Waals surface area (Å²) in [6.45, 7) is 2.06. The summed E-state index contributed by atoms with van der Waals surface area (Å²) in [5.41, 5.74) is 2.77. The van der Waals surface area contributed by atoms with Crippen LogP contribution in [0, 0.1) is 0 Å². The molecule has 1 aromatic carbocycles. The van der Waals surface area contributed by atoms with E-state index in [2.05, 4.69) is 34.3 Å². The zero-order chi connectivity index (χ0) is 16.0. The summed E-state index contributed by atoms with van der Waals surface area (Å²) in [4.78, 5) is 20.2. The normalized spacial score (nSPS) is 23.7. The molecule has 0 spiro atoms. The van der Waals surface area contributed by atoms with Crippen molar-refractivity contribution in [2.24, 2.45) is 0 Å². The maximum Gasteiger partial charge on any atom is 0.323 e. The Morgan fingerprint density at radius 1 is 1.43 bits per heavy atom. The van der Waals surface area contributed by atoms with Gasteiger partial charge in [-0.05, 0) is 18.6 Å². The van der Waals surface area contributed by atoms with Gasteiger partial charge in [0.05, 0.1) is 7.11 Å². The number of esters is 1. The summed E-state index contributed by atoms with van der Waals surface area (Å²) in [6, 6.07) is 7.79. The summed E-state index contributed by atoms with van der Waals surface area (Å²) in [5, 5.41) is 7.48. The van der Waals surface area contributed by atoms with Gasteiger partial charge in [0.15, 0.2) is 0 Å². The number of benzene rings is 1. The fraction of sp³-hybridized carbons (Fsp3) is 0.294. The van der Waals surface area contributed by atoms with Gasteiger partial charge >= 0.3 is 5.97 Å². The van der Waals surface area contributed by atoms with Crippen LogP contribution in [0.4, 0.5) is 0 Å². The zero-order valence-corrected chi connectivity index (χ0v) is 13.7. The Morgan fingerprint density at radius 3 is 3.00 bits per heavy atom. The fourth-order valence-corrected chi connectivity index (χ4v) is 4.21. The Morgan fingerprint density at radius 2 is 2.26 bits per heavy atom. The van der Waals surface area contributed by atoms with Crippen LogP contribution in [0.3, 0.4) is 0 Å². The van der Waals surface area contributed by atoms with Gasteiger partial charge in [-0.25, -0.2) is 4.98 Å². The van der Waals surface area contributed by atoms with E-state index in [9.17, 15) is 4.79 Å². The fourth-order valence-electron chi connectivity index (χ4n) is 3.44. The molecule has 0 saturated carbocycles. The van der Waals surface area contributed by atoms with Crippen LogP contribution in [0.5, 0.6) is 0 Å². The molecule has 2 atom stereocenters. The van der Waals surface area contributed by atoms with E-state index >= 15 is 0 Å². The van der Waals surface area contributed by atoms with Crippen LogP contribution in [0.2, 0.25) is 0 Å². The lowest BCUT2D eigenvalue weighted by atomic mass is 9.85. The molecule has 1 aliphatic heterocycles. The molecule has 5 nitrogen and oxygen atoms in total. The summed E-state index contributed by atoms with van der Waals surface area (Å²) >= 11 is 1.58. The molecule has 0 radical (unpaired) electrons. The maximum absolute atomic E-state index is 12.2. The highest BCUT2D eigenvalue weighted by Crippen LogP contribution is 2.40. The highest BCUT2D eigenvalue weighted by atomic mass is 32.1. The summed E-state index contributed by atoms with van der Waals surface area (Å²) < 4.78 is 4.98. The quantitative estimate of drug-likeness (QED) is 0.710. The van der Waals surface area contributed by atoms with Crippen molar-refractivity contribution in [1.29, 1.82) is 0 Å². The topological polar surface area (TPSA) is 67.0 Å². The number of nitrogens with zero attached hydrogens (tertiary/aromatic N) is 1. The highest BCUT2D eigenvalue weighted by Gasteiger charge is 2.44. The summed E-state index contributed by atoms with van der Waals surface area (Å²) in [6.07, 6.45) is 2.39.